The van der Waals surface area contributed by atoms with Gasteiger partial charge in [0.05, 0.1) is 12.6 Å². The molecule has 2 amide bonds. The zero-order chi connectivity index (χ0) is 15.9. The van der Waals surface area contributed by atoms with Crippen molar-refractivity contribution < 1.29 is 19.2 Å². The van der Waals surface area contributed by atoms with Crippen molar-refractivity contribution in [3.63, 3.8) is 0 Å². The van der Waals surface area contributed by atoms with Gasteiger partial charge in [0.15, 0.2) is 0 Å². The van der Waals surface area contributed by atoms with Crippen LogP contribution in [0.25, 0.3) is 11.0 Å². The smallest absolute Gasteiger partial charge is 0.432 e. The lowest BCUT2D eigenvalue weighted by Gasteiger charge is -2.10. The largest absolute Gasteiger partial charge is 0.453 e. The van der Waals surface area contributed by atoms with Gasteiger partial charge in [-0.3, -0.25) is 5.32 Å². The SMILES string of the molecule is CCCCNC(=O)On1c(NC(=O)OC)nc2ccccc21. The minimum atomic E-state index is -0.702. The average molecular weight is 306 g/mol. The van der Waals surface area contributed by atoms with Crippen LogP contribution in [0.4, 0.5) is 15.5 Å². The maximum Gasteiger partial charge on any atom is 0.432 e. The first-order chi connectivity index (χ1) is 10.7. The predicted octanol–water partition coefficient (Wildman–Crippen LogP) is 2.15. The van der Waals surface area contributed by atoms with Crippen LogP contribution in [0, 0.1) is 0 Å². The van der Waals surface area contributed by atoms with Crippen LogP contribution in [-0.2, 0) is 4.74 Å². The number of unbranched alkanes of at least 4 members (excludes halogenated alkanes) is 1. The van der Waals surface area contributed by atoms with Gasteiger partial charge in [-0.1, -0.05) is 25.5 Å². The van der Waals surface area contributed by atoms with Crippen molar-refractivity contribution >= 4 is 29.2 Å². The molecule has 22 heavy (non-hydrogen) atoms. The second-order valence-corrected chi connectivity index (χ2v) is 4.49. The van der Waals surface area contributed by atoms with E-state index in [0.29, 0.717) is 17.6 Å². The van der Waals surface area contributed by atoms with Gasteiger partial charge in [0.25, 0.3) is 0 Å². The summed E-state index contributed by atoms with van der Waals surface area (Å²) in [5, 5.41) is 5.04. The molecule has 1 aromatic carbocycles. The fourth-order valence-electron chi connectivity index (χ4n) is 1.80. The number of anilines is 1. The molecule has 0 unspecified atom stereocenters. The Balaban J connectivity index is 2.23. The van der Waals surface area contributed by atoms with Gasteiger partial charge in [-0.2, -0.15) is 0 Å². The van der Waals surface area contributed by atoms with Crippen molar-refractivity contribution in [2.24, 2.45) is 0 Å². The van der Waals surface area contributed by atoms with Crippen LogP contribution in [-0.4, -0.2) is 35.6 Å². The topological polar surface area (TPSA) is 94.5 Å². The fraction of sp³-hybridized carbons (Fsp3) is 0.357. The highest BCUT2D eigenvalue weighted by Gasteiger charge is 2.16. The summed E-state index contributed by atoms with van der Waals surface area (Å²) in [5.41, 5.74) is 1.13. The number of hydrogen-bond donors (Lipinski definition) is 2. The standard InChI is InChI=1S/C14H18N4O4/c1-3-4-9-15-13(19)22-18-11-8-6-5-7-10(11)16-12(18)17-14(20)21-2/h5-8H,3-4,9H2,1-2H3,(H,15,19)(H,16,17,20). The number of fused-ring (bicyclic) bond motifs is 1. The van der Waals surface area contributed by atoms with E-state index in [9.17, 15) is 9.59 Å². The summed E-state index contributed by atoms with van der Waals surface area (Å²) < 4.78 is 5.69. The van der Waals surface area contributed by atoms with E-state index >= 15 is 0 Å². The third-order valence-electron chi connectivity index (χ3n) is 2.89. The first-order valence-corrected chi connectivity index (χ1v) is 6.94. The molecule has 1 aromatic heterocycles. The van der Waals surface area contributed by atoms with Crippen LogP contribution in [0.1, 0.15) is 19.8 Å². The number of para-hydroxylation sites is 2. The van der Waals surface area contributed by atoms with Crippen LogP contribution in [0.15, 0.2) is 24.3 Å². The molecular weight excluding hydrogens is 288 g/mol. The maximum absolute atomic E-state index is 11.8. The number of methoxy groups -OCH3 is 1. The Labute approximate surface area is 127 Å². The Morgan fingerprint density at radius 2 is 2.05 bits per heavy atom. The molecule has 8 heteroatoms. The third-order valence-corrected chi connectivity index (χ3v) is 2.89. The Morgan fingerprint density at radius 3 is 2.77 bits per heavy atom. The number of carbonyl (C=O) groups is 2. The molecule has 2 rings (SSSR count). The number of nitrogens with one attached hydrogen (secondary N) is 2. The summed E-state index contributed by atoms with van der Waals surface area (Å²) in [5.74, 6) is 0.0682. The summed E-state index contributed by atoms with van der Waals surface area (Å²) in [6.45, 7) is 2.54. The van der Waals surface area contributed by atoms with Gasteiger partial charge in [0.2, 0.25) is 5.95 Å². The zero-order valence-electron chi connectivity index (χ0n) is 12.5. The molecule has 0 bridgehead atoms. The molecule has 118 valence electrons. The van der Waals surface area contributed by atoms with Crippen molar-refractivity contribution in [2.75, 3.05) is 19.0 Å². The Hall–Kier alpha value is -2.77. The predicted molar refractivity (Wildman–Crippen MR) is 80.6 cm³/mol. The van der Waals surface area contributed by atoms with Crippen LogP contribution in [0.2, 0.25) is 0 Å². The molecule has 8 nitrogen and oxygen atoms in total. The second-order valence-electron chi connectivity index (χ2n) is 4.49. The Kier molecular flexibility index (Phi) is 5.18. The van der Waals surface area contributed by atoms with Crippen molar-refractivity contribution in [3.05, 3.63) is 24.3 Å². The van der Waals surface area contributed by atoms with E-state index < -0.39 is 12.2 Å². The van der Waals surface area contributed by atoms with E-state index in [1.165, 1.54) is 7.11 Å². The number of aromatic nitrogens is 2. The summed E-state index contributed by atoms with van der Waals surface area (Å²) in [7, 11) is 1.24. The number of hydrogen-bond acceptors (Lipinski definition) is 5. The van der Waals surface area contributed by atoms with Crippen molar-refractivity contribution in [2.45, 2.75) is 19.8 Å². The first kappa shape index (κ1) is 15.6. The van der Waals surface area contributed by atoms with Crippen LogP contribution < -0.4 is 15.5 Å². The number of rotatable bonds is 5. The van der Waals surface area contributed by atoms with Gasteiger partial charge in [0.1, 0.15) is 5.52 Å². The molecule has 0 aliphatic rings. The average Bonchev–Trinajstić information content (AvgIpc) is 2.85. The molecule has 0 saturated carbocycles. The normalized spacial score (nSPS) is 10.3. The highest BCUT2D eigenvalue weighted by Crippen LogP contribution is 2.18. The fourth-order valence-corrected chi connectivity index (χ4v) is 1.80. The van der Waals surface area contributed by atoms with Crippen LogP contribution in [0.5, 0.6) is 0 Å². The molecule has 0 spiro atoms. The second kappa shape index (κ2) is 7.30. The summed E-state index contributed by atoms with van der Waals surface area (Å²) >= 11 is 0. The quantitative estimate of drug-likeness (QED) is 0.825. The van der Waals surface area contributed by atoms with Crippen LogP contribution >= 0.6 is 0 Å². The maximum atomic E-state index is 11.8. The van der Waals surface area contributed by atoms with Crippen molar-refractivity contribution in [1.29, 1.82) is 0 Å². The minimum absolute atomic E-state index is 0.0682. The molecule has 1 heterocycles. The molecule has 0 radical (unpaired) electrons. The highest BCUT2D eigenvalue weighted by atomic mass is 16.7. The number of nitrogens with zero attached hydrogens (tertiary/aromatic N) is 2. The number of carbonyl (C=O) groups excluding carboxylic acids is 2. The van der Waals surface area contributed by atoms with E-state index in [4.69, 9.17) is 4.84 Å². The molecule has 0 fully saturated rings. The van der Waals surface area contributed by atoms with Gasteiger partial charge in [-0.05, 0) is 18.6 Å². The molecular formula is C14H18N4O4. The van der Waals surface area contributed by atoms with Gasteiger partial charge >= 0.3 is 12.2 Å². The monoisotopic (exact) mass is 306 g/mol. The van der Waals surface area contributed by atoms with Crippen LogP contribution in [0.3, 0.4) is 0 Å². The molecule has 0 atom stereocenters. The summed E-state index contributed by atoms with van der Waals surface area (Å²) in [6, 6.07) is 7.04. The van der Waals surface area contributed by atoms with Gasteiger partial charge < -0.3 is 14.9 Å². The molecule has 2 N–H and O–H groups in total. The van der Waals surface area contributed by atoms with Gasteiger partial charge in [-0.15, -0.1) is 4.73 Å². The molecule has 0 aliphatic carbocycles. The summed E-state index contributed by atoms with van der Waals surface area (Å²) in [6.07, 6.45) is 0.493. The lowest BCUT2D eigenvalue weighted by atomic mass is 10.3. The third kappa shape index (κ3) is 3.66. The molecule has 2 aromatic rings. The van der Waals surface area contributed by atoms with Crippen molar-refractivity contribution in [3.8, 4) is 0 Å². The highest BCUT2D eigenvalue weighted by molar-refractivity contribution is 5.87. The van der Waals surface area contributed by atoms with E-state index in [-0.39, 0.29) is 5.95 Å². The van der Waals surface area contributed by atoms with E-state index in [1.54, 1.807) is 24.3 Å². The minimum Gasteiger partial charge on any atom is -0.453 e. The number of amides is 2. The van der Waals surface area contributed by atoms with E-state index in [1.807, 2.05) is 6.92 Å². The zero-order valence-corrected chi connectivity index (χ0v) is 12.5. The van der Waals surface area contributed by atoms with Crippen molar-refractivity contribution in [1.82, 2.24) is 15.0 Å². The number of ether oxygens (including phenoxy) is 1. The first-order valence-electron chi connectivity index (χ1n) is 6.94. The van der Waals surface area contributed by atoms with E-state index in [0.717, 1.165) is 17.6 Å². The Bertz CT molecular complexity index is 668. The van der Waals surface area contributed by atoms with Gasteiger partial charge in [-0.25, -0.2) is 14.6 Å². The molecule has 0 aliphatic heterocycles. The lowest BCUT2D eigenvalue weighted by Crippen LogP contribution is -2.33. The number of imidazole rings is 1. The lowest BCUT2D eigenvalue weighted by molar-refractivity contribution is 0.139. The molecule has 0 saturated heterocycles. The Morgan fingerprint density at radius 1 is 1.27 bits per heavy atom. The van der Waals surface area contributed by atoms with Gasteiger partial charge in [0, 0.05) is 6.54 Å². The number of benzene rings is 1. The van der Waals surface area contributed by atoms with E-state index in [2.05, 4.69) is 20.4 Å². The summed E-state index contributed by atoms with van der Waals surface area (Å²) in [4.78, 5) is 32.6.